The lowest BCUT2D eigenvalue weighted by Crippen LogP contribution is -2.44. The maximum Gasteiger partial charge on any atom is 0.0834 e. The van der Waals surface area contributed by atoms with Crippen LogP contribution in [0.4, 0.5) is 0 Å². The Hall–Kier alpha value is -0.563. The second kappa shape index (κ2) is 8.58. The Morgan fingerprint density at radius 3 is 2.11 bits per heavy atom. The SMILES string of the molecule is CCCCCCCCC(C)[Si](C)(C)c1ccccc1. The molecule has 1 aromatic rings. The van der Waals surface area contributed by atoms with E-state index in [0.29, 0.717) is 0 Å². The second-order valence-corrected chi connectivity index (χ2v) is 11.6. The van der Waals surface area contributed by atoms with E-state index in [1.807, 2.05) is 0 Å². The average Bonchev–Trinajstić information content (AvgIpc) is 2.43. The molecule has 1 rings (SSSR count). The predicted octanol–water partition coefficient (Wildman–Crippen LogP) is 5.74. The predicted molar refractivity (Wildman–Crippen MR) is 91.0 cm³/mol. The first-order valence-electron chi connectivity index (χ1n) is 8.14. The van der Waals surface area contributed by atoms with Crippen LogP contribution >= 0.6 is 0 Å². The molecular formula is C18H32Si. The molecule has 0 saturated heterocycles. The Morgan fingerprint density at radius 2 is 1.47 bits per heavy atom. The van der Waals surface area contributed by atoms with E-state index in [0.717, 1.165) is 5.54 Å². The highest BCUT2D eigenvalue weighted by atomic mass is 28.3. The molecule has 0 amide bonds. The summed E-state index contributed by atoms with van der Waals surface area (Å²) in [4.78, 5) is 0. The normalized spacial score (nSPS) is 13.5. The lowest BCUT2D eigenvalue weighted by Gasteiger charge is -2.30. The number of rotatable bonds is 9. The largest absolute Gasteiger partial charge is 0.0834 e. The van der Waals surface area contributed by atoms with Crippen molar-refractivity contribution in [2.45, 2.75) is 77.4 Å². The molecule has 1 heteroatoms. The lowest BCUT2D eigenvalue weighted by molar-refractivity contribution is 0.581. The molecule has 108 valence electrons. The minimum absolute atomic E-state index is 0.890. The maximum absolute atomic E-state index is 2.53. The van der Waals surface area contributed by atoms with Gasteiger partial charge in [-0.2, -0.15) is 0 Å². The van der Waals surface area contributed by atoms with Crippen molar-refractivity contribution in [3.63, 3.8) is 0 Å². The summed E-state index contributed by atoms with van der Waals surface area (Å²) in [6.45, 7) is 9.83. The maximum atomic E-state index is 2.53. The third-order valence-electron chi connectivity index (χ3n) is 4.74. The summed E-state index contributed by atoms with van der Waals surface area (Å²) in [5.41, 5.74) is 0.890. The van der Waals surface area contributed by atoms with Crippen molar-refractivity contribution in [1.29, 1.82) is 0 Å². The molecule has 0 aromatic heterocycles. The summed E-state index contributed by atoms with van der Waals surface area (Å²) >= 11 is 0. The topological polar surface area (TPSA) is 0 Å². The molecule has 0 saturated carbocycles. The molecule has 0 heterocycles. The second-order valence-electron chi connectivity index (χ2n) is 6.55. The lowest BCUT2D eigenvalue weighted by atomic mass is 10.1. The highest BCUT2D eigenvalue weighted by Crippen LogP contribution is 2.27. The van der Waals surface area contributed by atoms with Crippen LogP contribution in [0.2, 0.25) is 18.6 Å². The monoisotopic (exact) mass is 276 g/mol. The zero-order valence-electron chi connectivity index (χ0n) is 13.4. The van der Waals surface area contributed by atoms with Crippen molar-refractivity contribution in [2.75, 3.05) is 0 Å². The van der Waals surface area contributed by atoms with Crippen LogP contribution in [0.5, 0.6) is 0 Å². The van der Waals surface area contributed by atoms with Gasteiger partial charge < -0.3 is 0 Å². The van der Waals surface area contributed by atoms with E-state index in [1.54, 1.807) is 5.19 Å². The molecule has 1 unspecified atom stereocenters. The van der Waals surface area contributed by atoms with Crippen molar-refractivity contribution in [1.82, 2.24) is 0 Å². The van der Waals surface area contributed by atoms with Crippen LogP contribution < -0.4 is 5.19 Å². The first-order valence-corrected chi connectivity index (χ1v) is 11.2. The zero-order valence-corrected chi connectivity index (χ0v) is 14.4. The van der Waals surface area contributed by atoms with Gasteiger partial charge in [-0.3, -0.25) is 0 Å². The summed E-state index contributed by atoms with van der Waals surface area (Å²) in [5, 5.41) is 1.62. The molecule has 0 spiro atoms. The van der Waals surface area contributed by atoms with Gasteiger partial charge in [-0.15, -0.1) is 0 Å². The Balaban J connectivity index is 2.34. The van der Waals surface area contributed by atoms with E-state index >= 15 is 0 Å². The van der Waals surface area contributed by atoms with Crippen LogP contribution in [-0.4, -0.2) is 8.07 Å². The summed E-state index contributed by atoms with van der Waals surface area (Å²) < 4.78 is 0. The summed E-state index contributed by atoms with van der Waals surface area (Å²) in [7, 11) is -1.26. The number of hydrogen-bond donors (Lipinski definition) is 0. The molecule has 0 aliphatic rings. The fourth-order valence-corrected chi connectivity index (χ4v) is 5.29. The molecule has 1 atom stereocenters. The van der Waals surface area contributed by atoms with Gasteiger partial charge in [0.2, 0.25) is 0 Å². The Morgan fingerprint density at radius 1 is 0.895 bits per heavy atom. The first kappa shape index (κ1) is 16.5. The Labute approximate surface area is 121 Å². The Bertz CT molecular complexity index is 329. The minimum atomic E-state index is -1.26. The van der Waals surface area contributed by atoms with Gasteiger partial charge in [-0.25, -0.2) is 0 Å². The van der Waals surface area contributed by atoms with Crippen molar-refractivity contribution in [3.05, 3.63) is 30.3 Å². The molecule has 0 nitrogen and oxygen atoms in total. The van der Waals surface area contributed by atoms with Crippen LogP contribution in [0.25, 0.3) is 0 Å². The minimum Gasteiger partial charge on any atom is -0.0654 e. The van der Waals surface area contributed by atoms with Crippen molar-refractivity contribution < 1.29 is 0 Å². The van der Waals surface area contributed by atoms with Crippen LogP contribution in [0.3, 0.4) is 0 Å². The molecule has 0 aliphatic carbocycles. The van der Waals surface area contributed by atoms with Crippen LogP contribution in [-0.2, 0) is 0 Å². The van der Waals surface area contributed by atoms with E-state index in [-0.39, 0.29) is 0 Å². The average molecular weight is 277 g/mol. The molecule has 0 aliphatic heterocycles. The summed E-state index contributed by atoms with van der Waals surface area (Å²) in [6, 6.07) is 11.2. The third kappa shape index (κ3) is 5.52. The molecule has 0 radical (unpaired) electrons. The van der Waals surface area contributed by atoms with Crippen LogP contribution in [0.15, 0.2) is 30.3 Å². The highest BCUT2D eigenvalue weighted by Gasteiger charge is 2.29. The van der Waals surface area contributed by atoms with Gasteiger partial charge in [-0.1, -0.05) is 107 Å². The molecule has 0 bridgehead atoms. The van der Waals surface area contributed by atoms with Gasteiger partial charge in [0, 0.05) is 0 Å². The van der Waals surface area contributed by atoms with Gasteiger partial charge in [0.25, 0.3) is 0 Å². The van der Waals surface area contributed by atoms with Gasteiger partial charge >= 0.3 is 0 Å². The van der Waals surface area contributed by atoms with E-state index < -0.39 is 8.07 Å². The third-order valence-corrected chi connectivity index (χ3v) is 9.31. The van der Waals surface area contributed by atoms with E-state index in [1.165, 1.54) is 44.9 Å². The zero-order chi connectivity index (χ0) is 14.1. The first-order chi connectivity index (χ1) is 9.09. The fraction of sp³-hybridized carbons (Fsp3) is 0.667. The fourth-order valence-electron chi connectivity index (χ4n) is 2.74. The van der Waals surface area contributed by atoms with Gasteiger partial charge in [0.15, 0.2) is 0 Å². The van der Waals surface area contributed by atoms with E-state index in [4.69, 9.17) is 0 Å². The van der Waals surface area contributed by atoms with Crippen molar-refractivity contribution in [3.8, 4) is 0 Å². The van der Waals surface area contributed by atoms with Crippen molar-refractivity contribution >= 4 is 13.3 Å². The Kier molecular flexibility index (Phi) is 7.44. The van der Waals surface area contributed by atoms with E-state index in [9.17, 15) is 0 Å². The van der Waals surface area contributed by atoms with Gasteiger partial charge in [0.05, 0.1) is 8.07 Å². The molecule has 1 aromatic carbocycles. The quantitative estimate of drug-likeness (QED) is 0.398. The molecular weight excluding hydrogens is 244 g/mol. The smallest absolute Gasteiger partial charge is 0.0654 e. The van der Waals surface area contributed by atoms with Crippen LogP contribution in [0.1, 0.15) is 58.8 Å². The molecule has 0 fully saturated rings. The van der Waals surface area contributed by atoms with Crippen LogP contribution in [0, 0.1) is 0 Å². The summed E-state index contributed by atoms with van der Waals surface area (Å²) in [5.74, 6) is 0. The number of hydrogen-bond acceptors (Lipinski definition) is 0. The summed E-state index contributed by atoms with van der Waals surface area (Å²) in [6.07, 6.45) is 9.92. The standard InChI is InChI=1S/C18H32Si/c1-5-6-7-8-9-11-14-17(2)19(3,4)18-15-12-10-13-16-18/h10,12-13,15-17H,5-9,11,14H2,1-4H3. The van der Waals surface area contributed by atoms with E-state index in [2.05, 4.69) is 57.3 Å². The van der Waals surface area contributed by atoms with Gasteiger partial charge in [0.1, 0.15) is 0 Å². The molecule has 0 N–H and O–H groups in total. The molecule has 19 heavy (non-hydrogen) atoms. The highest BCUT2D eigenvalue weighted by molar-refractivity contribution is 6.90. The van der Waals surface area contributed by atoms with Crippen molar-refractivity contribution in [2.24, 2.45) is 0 Å². The van der Waals surface area contributed by atoms with Gasteiger partial charge in [-0.05, 0) is 5.54 Å². The number of unbranched alkanes of at least 4 members (excludes halogenated alkanes) is 5. The number of benzene rings is 1.